The van der Waals surface area contributed by atoms with E-state index in [0.29, 0.717) is 0 Å². The maximum atomic E-state index is 4.67. The average molecular weight is 160 g/mol. The Morgan fingerprint density at radius 3 is 2.25 bits per heavy atom. The van der Waals surface area contributed by atoms with Crippen molar-refractivity contribution in [2.45, 2.75) is 6.92 Å². The monoisotopic (exact) mass is 160 g/mol. The van der Waals surface area contributed by atoms with Gasteiger partial charge in [-0.1, -0.05) is 0 Å². The average Bonchev–Trinajstić information content (AvgIpc) is 1.37. The first-order chi connectivity index (χ1) is 1.91. The van der Waals surface area contributed by atoms with Crippen molar-refractivity contribution in [1.82, 2.24) is 0 Å². The van der Waals surface area contributed by atoms with Crippen LogP contribution in [0, 0.1) is 0 Å². The van der Waals surface area contributed by atoms with Crippen LogP contribution in [0.4, 0.5) is 0 Å². The Morgan fingerprint density at radius 2 is 2.25 bits per heavy atom. The summed E-state index contributed by atoms with van der Waals surface area (Å²) in [4.78, 5) is 0. The summed E-state index contributed by atoms with van der Waals surface area (Å²) in [5.74, 6) is 0. The van der Waals surface area contributed by atoms with Crippen molar-refractivity contribution in [1.29, 1.82) is 0 Å². The molecule has 0 unspecified atom stereocenters. The molecule has 4 heavy (non-hydrogen) atoms. The third-order valence-electron chi connectivity index (χ3n) is 0.167. The SMILES string of the molecule is CC[O][In]. The van der Waals surface area contributed by atoms with E-state index in [0.717, 1.165) is 31.4 Å². The van der Waals surface area contributed by atoms with Crippen molar-refractivity contribution in [2.75, 3.05) is 6.61 Å². The second kappa shape index (κ2) is 3.83. The summed E-state index contributed by atoms with van der Waals surface area (Å²) in [5.41, 5.74) is 0. The van der Waals surface area contributed by atoms with Crippen molar-refractivity contribution in [3.63, 3.8) is 0 Å². The molecule has 2 radical (unpaired) electrons. The normalized spacial score (nSPS) is 7.25. The Balaban J connectivity index is 1.97. The minimum atomic E-state index is 0.877. The Kier molecular flexibility index (Phi) is 4.63. The van der Waals surface area contributed by atoms with Crippen LogP contribution in [0.5, 0.6) is 0 Å². The van der Waals surface area contributed by atoms with Crippen molar-refractivity contribution in [3.8, 4) is 0 Å². The van der Waals surface area contributed by atoms with Crippen molar-refractivity contribution >= 4 is 24.8 Å². The Labute approximate surface area is 41.5 Å². The first-order valence-corrected chi connectivity index (χ1v) is 2.58. The Morgan fingerprint density at radius 1 is 2.00 bits per heavy atom. The van der Waals surface area contributed by atoms with Gasteiger partial charge >= 0.3 is 41.2 Å². The summed E-state index contributed by atoms with van der Waals surface area (Å²) in [7, 11) is 0. The third-order valence-corrected chi connectivity index (χ3v) is 1.12. The van der Waals surface area contributed by atoms with Gasteiger partial charge in [-0.25, -0.2) is 0 Å². The molecule has 0 fully saturated rings. The van der Waals surface area contributed by atoms with Crippen LogP contribution in [0.1, 0.15) is 6.92 Å². The van der Waals surface area contributed by atoms with Gasteiger partial charge in [0.25, 0.3) is 0 Å². The molecule has 0 aliphatic carbocycles. The molecule has 0 bridgehead atoms. The second-order valence-corrected chi connectivity index (χ2v) is 1.41. The van der Waals surface area contributed by atoms with Crippen LogP contribution in [0.25, 0.3) is 0 Å². The number of hydrogen-bond acceptors (Lipinski definition) is 1. The van der Waals surface area contributed by atoms with Gasteiger partial charge in [-0.05, 0) is 0 Å². The molecule has 0 saturated heterocycles. The van der Waals surface area contributed by atoms with Crippen LogP contribution in [-0.2, 0) is 2.85 Å². The van der Waals surface area contributed by atoms with Gasteiger partial charge in [0.15, 0.2) is 0 Å². The van der Waals surface area contributed by atoms with E-state index < -0.39 is 0 Å². The van der Waals surface area contributed by atoms with Crippen LogP contribution in [-0.4, -0.2) is 31.4 Å². The van der Waals surface area contributed by atoms with E-state index in [-0.39, 0.29) is 0 Å². The van der Waals surface area contributed by atoms with E-state index in [9.17, 15) is 0 Å². The first-order valence-electron chi connectivity index (χ1n) is 1.23. The standard InChI is InChI=1S/C2H5O.In/c1-2-3;/h2H2,1H3;/q-1;+1. The molecular formula is C2H5InO. The van der Waals surface area contributed by atoms with E-state index >= 15 is 0 Å². The first kappa shape index (κ1) is 4.83. The summed E-state index contributed by atoms with van der Waals surface area (Å²) >= 11 is 0.940. The van der Waals surface area contributed by atoms with E-state index in [4.69, 9.17) is 0 Å². The maximum absolute atomic E-state index is 4.67. The van der Waals surface area contributed by atoms with Crippen LogP contribution in [0.2, 0.25) is 0 Å². The summed E-state index contributed by atoms with van der Waals surface area (Å²) in [5, 5.41) is 0. The molecule has 0 aromatic rings. The molecule has 0 aliphatic rings. The second-order valence-electron chi connectivity index (χ2n) is 0.455. The van der Waals surface area contributed by atoms with Crippen LogP contribution in [0.15, 0.2) is 0 Å². The molecule has 0 N–H and O–H groups in total. The molecule has 2 heteroatoms. The van der Waals surface area contributed by atoms with Crippen LogP contribution >= 0.6 is 0 Å². The van der Waals surface area contributed by atoms with E-state index in [1.807, 2.05) is 6.92 Å². The van der Waals surface area contributed by atoms with E-state index in [1.165, 1.54) is 0 Å². The predicted molar refractivity (Wildman–Crippen MR) is 17.4 cm³/mol. The van der Waals surface area contributed by atoms with Crippen molar-refractivity contribution in [2.24, 2.45) is 0 Å². The zero-order valence-electron chi connectivity index (χ0n) is 2.69. The van der Waals surface area contributed by atoms with Gasteiger partial charge in [-0.2, -0.15) is 0 Å². The fraction of sp³-hybridized carbons (Fsp3) is 1.00. The molecule has 0 rings (SSSR count). The summed E-state index contributed by atoms with van der Waals surface area (Å²) in [6, 6.07) is 0. The zero-order valence-corrected chi connectivity index (χ0v) is 5.99. The van der Waals surface area contributed by atoms with Gasteiger partial charge in [0, 0.05) is 0 Å². The van der Waals surface area contributed by atoms with Gasteiger partial charge in [0.2, 0.25) is 0 Å². The van der Waals surface area contributed by atoms with E-state index in [1.54, 1.807) is 0 Å². The van der Waals surface area contributed by atoms with E-state index in [2.05, 4.69) is 2.85 Å². The van der Waals surface area contributed by atoms with Crippen molar-refractivity contribution in [3.05, 3.63) is 0 Å². The molecule has 0 saturated carbocycles. The molecule has 0 atom stereocenters. The van der Waals surface area contributed by atoms with Gasteiger partial charge < -0.3 is 0 Å². The summed E-state index contributed by atoms with van der Waals surface area (Å²) < 4.78 is 4.67. The number of hydrogen-bond donors (Lipinski definition) is 0. The molecule has 22 valence electrons. The molecule has 0 aliphatic heterocycles. The van der Waals surface area contributed by atoms with Gasteiger partial charge in [-0.15, -0.1) is 0 Å². The fourth-order valence-corrected chi connectivity index (χ4v) is 0. The predicted octanol–water partition coefficient (Wildman–Crippen LogP) is 0.106. The quantitative estimate of drug-likeness (QED) is 0.528. The zero-order chi connectivity index (χ0) is 3.41. The topological polar surface area (TPSA) is 9.23 Å². The molecule has 0 aromatic heterocycles. The summed E-state index contributed by atoms with van der Waals surface area (Å²) in [6.07, 6.45) is 0. The molecule has 0 spiro atoms. The van der Waals surface area contributed by atoms with Crippen LogP contribution < -0.4 is 0 Å². The van der Waals surface area contributed by atoms with Gasteiger partial charge in [0.05, 0.1) is 0 Å². The third kappa shape index (κ3) is 2.83. The summed E-state index contributed by atoms with van der Waals surface area (Å²) in [6.45, 7) is 2.87. The molecular weight excluding hydrogens is 155 g/mol. The Hall–Kier alpha value is 0.830. The Bertz CT molecular complexity index is 8.00. The van der Waals surface area contributed by atoms with Crippen LogP contribution in [0.3, 0.4) is 0 Å². The number of rotatable bonds is 1. The van der Waals surface area contributed by atoms with Gasteiger partial charge in [-0.3, -0.25) is 0 Å². The van der Waals surface area contributed by atoms with Gasteiger partial charge in [0.1, 0.15) is 0 Å². The molecule has 0 heterocycles. The molecule has 0 aromatic carbocycles. The fourth-order valence-electron chi connectivity index (χ4n) is 0. The molecule has 1 nitrogen and oxygen atoms in total. The minimum absolute atomic E-state index is 0.877. The van der Waals surface area contributed by atoms with Crippen molar-refractivity contribution < 1.29 is 2.85 Å². The molecule has 0 amide bonds.